The normalized spacial score (nSPS) is 23.0. The Morgan fingerprint density at radius 2 is 1.73 bits per heavy atom. The third-order valence-electron chi connectivity index (χ3n) is 4.88. The summed E-state index contributed by atoms with van der Waals surface area (Å²) < 4.78 is 37.1. The summed E-state index contributed by atoms with van der Waals surface area (Å²) >= 11 is 0. The Kier molecular flexibility index (Phi) is 3.40. The molecule has 22 heavy (non-hydrogen) atoms. The van der Waals surface area contributed by atoms with Gasteiger partial charge in [-0.2, -0.15) is 0 Å². The molecule has 0 aliphatic carbocycles. The van der Waals surface area contributed by atoms with Crippen molar-refractivity contribution in [2.24, 2.45) is 0 Å². The van der Waals surface area contributed by atoms with Crippen molar-refractivity contribution in [3.8, 4) is 0 Å². The molecule has 0 unspecified atom stereocenters. The highest BCUT2D eigenvalue weighted by atomic mass is 32.2. The van der Waals surface area contributed by atoms with Gasteiger partial charge in [-0.05, 0) is 51.2 Å². The van der Waals surface area contributed by atoms with Gasteiger partial charge >= 0.3 is 7.12 Å². The summed E-state index contributed by atoms with van der Waals surface area (Å²) in [6, 6.07) is 5.75. The van der Waals surface area contributed by atoms with Gasteiger partial charge in [0.1, 0.15) is 0 Å². The Labute approximate surface area is 132 Å². The fourth-order valence-corrected chi connectivity index (χ4v) is 3.82. The minimum Gasteiger partial charge on any atom is -0.399 e. The van der Waals surface area contributed by atoms with E-state index in [0.29, 0.717) is 6.54 Å². The zero-order valence-electron chi connectivity index (χ0n) is 13.7. The van der Waals surface area contributed by atoms with Gasteiger partial charge in [0.25, 0.3) is 0 Å². The number of rotatable bonds is 2. The van der Waals surface area contributed by atoms with Crippen LogP contribution < -0.4 is 9.77 Å². The molecule has 2 aliphatic rings. The summed E-state index contributed by atoms with van der Waals surface area (Å²) in [5, 5.41) is 0. The van der Waals surface area contributed by atoms with Crippen LogP contribution in [0.15, 0.2) is 18.2 Å². The van der Waals surface area contributed by atoms with E-state index in [9.17, 15) is 8.42 Å². The van der Waals surface area contributed by atoms with Gasteiger partial charge < -0.3 is 9.31 Å². The van der Waals surface area contributed by atoms with E-state index in [1.807, 2.05) is 45.9 Å². The predicted molar refractivity (Wildman–Crippen MR) is 88.1 cm³/mol. The van der Waals surface area contributed by atoms with Gasteiger partial charge in [0.15, 0.2) is 0 Å². The summed E-state index contributed by atoms with van der Waals surface area (Å²) in [6.45, 7) is 8.58. The lowest BCUT2D eigenvalue weighted by Gasteiger charge is -2.32. The van der Waals surface area contributed by atoms with E-state index in [1.54, 1.807) is 0 Å². The lowest BCUT2D eigenvalue weighted by molar-refractivity contribution is 0.00578. The third kappa shape index (κ3) is 2.45. The number of sulfonamides is 1. The zero-order valence-corrected chi connectivity index (χ0v) is 14.5. The van der Waals surface area contributed by atoms with E-state index >= 15 is 0 Å². The fraction of sp³-hybridized carbons (Fsp3) is 0.600. The quantitative estimate of drug-likeness (QED) is 0.770. The van der Waals surface area contributed by atoms with E-state index in [4.69, 9.17) is 9.31 Å². The van der Waals surface area contributed by atoms with E-state index in [1.165, 1.54) is 10.6 Å². The first-order valence-corrected chi connectivity index (χ1v) is 9.32. The molecule has 1 aromatic carbocycles. The molecular formula is C15H22BNO4S. The summed E-state index contributed by atoms with van der Waals surface area (Å²) in [4.78, 5) is 0. The summed E-state index contributed by atoms with van der Waals surface area (Å²) in [5.41, 5.74) is 1.97. The van der Waals surface area contributed by atoms with E-state index < -0.39 is 17.1 Å². The number of nitrogens with zero attached hydrogens (tertiary/aromatic N) is 1. The van der Waals surface area contributed by atoms with Crippen molar-refractivity contribution in [3.05, 3.63) is 23.8 Å². The zero-order chi connectivity index (χ0) is 16.3. The lowest BCUT2D eigenvalue weighted by atomic mass is 9.78. The second-order valence-electron chi connectivity index (χ2n) is 7.06. The van der Waals surface area contributed by atoms with Crippen LogP contribution in [0.4, 0.5) is 5.69 Å². The first kappa shape index (κ1) is 15.8. The van der Waals surface area contributed by atoms with Crippen molar-refractivity contribution < 1.29 is 17.7 Å². The molecule has 3 rings (SSSR count). The molecule has 0 radical (unpaired) electrons. The minimum absolute atomic E-state index is 0.379. The number of fused-ring (bicyclic) bond motifs is 1. The Morgan fingerprint density at radius 3 is 2.27 bits per heavy atom. The molecule has 0 atom stereocenters. The molecule has 0 aromatic heterocycles. The summed E-state index contributed by atoms with van der Waals surface area (Å²) in [5.74, 6) is 0. The van der Waals surface area contributed by atoms with Gasteiger partial charge in [0, 0.05) is 6.54 Å². The first-order valence-electron chi connectivity index (χ1n) is 7.47. The molecule has 0 N–H and O–H groups in total. The van der Waals surface area contributed by atoms with Crippen molar-refractivity contribution in [1.29, 1.82) is 0 Å². The Morgan fingerprint density at radius 1 is 1.14 bits per heavy atom. The van der Waals surface area contributed by atoms with Gasteiger partial charge in [0.2, 0.25) is 10.0 Å². The highest BCUT2D eigenvalue weighted by Crippen LogP contribution is 2.37. The Bertz CT molecular complexity index is 698. The molecule has 7 heteroatoms. The van der Waals surface area contributed by atoms with Crippen LogP contribution in [0.1, 0.15) is 33.3 Å². The van der Waals surface area contributed by atoms with E-state index in [2.05, 4.69) is 0 Å². The average molecular weight is 323 g/mol. The molecule has 1 fully saturated rings. The third-order valence-corrected chi connectivity index (χ3v) is 6.06. The highest BCUT2D eigenvalue weighted by molar-refractivity contribution is 7.92. The van der Waals surface area contributed by atoms with Crippen molar-refractivity contribution in [3.63, 3.8) is 0 Å². The second kappa shape index (κ2) is 4.72. The molecule has 0 bridgehead atoms. The maximum Gasteiger partial charge on any atom is 0.494 e. The molecule has 1 aromatic rings. The standard InChI is InChI=1S/C15H22BNO4S/c1-14(2)15(3,4)21-16(20-14)12-6-7-13-11(10-12)8-9-17(13)22(5,18)19/h6-7,10H,8-9H2,1-5H3. The van der Waals surface area contributed by atoms with Crippen LogP contribution in [-0.2, 0) is 25.8 Å². The number of hydrogen-bond donors (Lipinski definition) is 0. The smallest absolute Gasteiger partial charge is 0.399 e. The van der Waals surface area contributed by atoms with Crippen LogP contribution in [0.2, 0.25) is 0 Å². The minimum atomic E-state index is -3.21. The van der Waals surface area contributed by atoms with Crippen molar-refractivity contribution in [2.75, 3.05) is 17.1 Å². The summed E-state index contributed by atoms with van der Waals surface area (Å²) in [7, 11) is -3.63. The van der Waals surface area contributed by atoms with Crippen LogP contribution in [0, 0.1) is 0 Å². The molecule has 0 amide bonds. The average Bonchev–Trinajstić information content (AvgIpc) is 2.87. The van der Waals surface area contributed by atoms with Gasteiger partial charge in [-0.3, -0.25) is 4.31 Å². The van der Waals surface area contributed by atoms with Crippen LogP contribution >= 0.6 is 0 Å². The molecule has 2 aliphatic heterocycles. The van der Waals surface area contributed by atoms with Crippen LogP contribution in [-0.4, -0.2) is 39.5 Å². The summed E-state index contributed by atoms with van der Waals surface area (Å²) in [6.07, 6.45) is 1.96. The number of benzene rings is 1. The van der Waals surface area contributed by atoms with Gasteiger partial charge in [0.05, 0.1) is 23.1 Å². The number of anilines is 1. The first-order chi connectivity index (χ1) is 10.0. The molecule has 120 valence electrons. The van der Waals surface area contributed by atoms with Crippen molar-refractivity contribution in [1.82, 2.24) is 0 Å². The van der Waals surface area contributed by atoms with Gasteiger partial charge in [-0.1, -0.05) is 12.1 Å². The molecule has 1 saturated heterocycles. The SMILES string of the molecule is CC1(C)OB(c2ccc3c(c2)CCN3S(C)(=O)=O)OC1(C)C. The van der Waals surface area contributed by atoms with Crippen molar-refractivity contribution in [2.45, 2.75) is 45.3 Å². The highest BCUT2D eigenvalue weighted by Gasteiger charge is 2.51. The molecular weight excluding hydrogens is 301 g/mol. The second-order valence-corrected chi connectivity index (χ2v) is 8.97. The van der Waals surface area contributed by atoms with Crippen LogP contribution in [0.3, 0.4) is 0 Å². The van der Waals surface area contributed by atoms with E-state index in [-0.39, 0.29) is 11.2 Å². The van der Waals surface area contributed by atoms with Gasteiger partial charge in [-0.25, -0.2) is 8.42 Å². The number of hydrogen-bond acceptors (Lipinski definition) is 4. The Hall–Kier alpha value is -1.05. The predicted octanol–water partition coefficient (Wildman–Crippen LogP) is 1.31. The van der Waals surface area contributed by atoms with Crippen LogP contribution in [0.25, 0.3) is 0 Å². The fourth-order valence-electron chi connectivity index (χ4n) is 2.86. The monoisotopic (exact) mass is 323 g/mol. The van der Waals surface area contributed by atoms with Crippen LogP contribution in [0.5, 0.6) is 0 Å². The Balaban J connectivity index is 1.91. The molecule has 2 heterocycles. The molecule has 0 saturated carbocycles. The molecule has 0 spiro atoms. The maximum atomic E-state index is 11.8. The van der Waals surface area contributed by atoms with Gasteiger partial charge in [-0.15, -0.1) is 0 Å². The molecule has 5 nitrogen and oxygen atoms in total. The topological polar surface area (TPSA) is 55.8 Å². The van der Waals surface area contributed by atoms with E-state index in [0.717, 1.165) is 23.1 Å². The maximum absolute atomic E-state index is 11.8. The largest absolute Gasteiger partial charge is 0.494 e. The van der Waals surface area contributed by atoms with Crippen molar-refractivity contribution >= 4 is 28.3 Å². The lowest BCUT2D eigenvalue weighted by Crippen LogP contribution is -2.41.